The summed E-state index contributed by atoms with van der Waals surface area (Å²) in [6.45, 7) is 3.63. The number of fused-ring (bicyclic) bond motifs is 1. The van der Waals surface area contributed by atoms with Gasteiger partial charge in [0.05, 0.1) is 5.60 Å². The van der Waals surface area contributed by atoms with Gasteiger partial charge in [0.1, 0.15) is 6.23 Å². The Bertz CT molecular complexity index is 382. The second-order valence-corrected chi connectivity index (χ2v) is 5.18. The number of nitrogens with one attached hydrogen (secondary N) is 1. The van der Waals surface area contributed by atoms with Crippen LogP contribution in [0.15, 0.2) is 18.2 Å². The minimum absolute atomic E-state index is 0.423. The molecule has 3 nitrogen and oxygen atoms in total. The lowest BCUT2D eigenvalue weighted by molar-refractivity contribution is 0.0809. The van der Waals surface area contributed by atoms with Crippen molar-refractivity contribution in [2.75, 3.05) is 5.32 Å². The van der Waals surface area contributed by atoms with Crippen LogP contribution in [0.4, 0.5) is 5.69 Å². The van der Waals surface area contributed by atoms with Crippen LogP contribution in [0, 0.1) is 0 Å². The molecule has 2 rings (SSSR count). The van der Waals surface area contributed by atoms with Crippen molar-refractivity contribution in [3.05, 3.63) is 29.3 Å². The molecule has 3 N–H and O–H groups in total. The molecule has 1 aromatic rings. The van der Waals surface area contributed by atoms with Crippen LogP contribution in [0.2, 0.25) is 0 Å². The predicted molar refractivity (Wildman–Crippen MR) is 64.4 cm³/mol. The van der Waals surface area contributed by atoms with Gasteiger partial charge in [-0.25, -0.2) is 0 Å². The van der Waals surface area contributed by atoms with Crippen LogP contribution in [0.3, 0.4) is 0 Å². The smallest absolute Gasteiger partial charge is 0.124 e. The van der Waals surface area contributed by atoms with Crippen molar-refractivity contribution in [1.29, 1.82) is 0 Å². The maximum absolute atomic E-state index is 9.76. The van der Waals surface area contributed by atoms with Gasteiger partial charge in [-0.1, -0.05) is 12.1 Å². The predicted octanol–water partition coefficient (Wildman–Crippen LogP) is 1.68. The van der Waals surface area contributed by atoms with Crippen molar-refractivity contribution in [1.82, 2.24) is 0 Å². The molecule has 1 unspecified atom stereocenters. The molecule has 0 aliphatic carbocycles. The Morgan fingerprint density at radius 3 is 2.88 bits per heavy atom. The molecule has 0 amide bonds. The van der Waals surface area contributed by atoms with Crippen molar-refractivity contribution < 1.29 is 10.2 Å². The van der Waals surface area contributed by atoms with Gasteiger partial charge in [0, 0.05) is 12.1 Å². The first kappa shape index (κ1) is 11.4. The van der Waals surface area contributed by atoms with Crippen molar-refractivity contribution in [3.8, 4) is 0 Å². The average molecular weight is 221 g/mol. The fourth-order valence-corrected chi connectivity index (χ4v) is 2.15. The van der Waals surface area contributed by atoms with E-state index in [1.165, 1.54) is 5.56 Å². The summed E-state index contributed by atoms with van der Waals surface area (Å²) in [5.74, 6) is 0. The second kappa shape index (κ2) is 4.07. The van der Waals surface area contributed by atoms with E-state index in [1.54, 1.807) is 0 Å². The van der Waals surface area contributed by atoms with Crippen LogP contribution < -0.4 is 5.32 Å². The first-order valence-electron chi connectivity index (χ1n) is 5.73. The van der Waals surface area contributed by atoms with Crippen LogP contribution in [-0.4, -0.2) is 22.0 Å². The summed E-state index contributed by atoms with van der Waals surface area (Å²) in [6, 6.07) is 6.10. The Balaban J connectivity index is 2.20. The number of benzene rings is 1. The van der Waals surface area contributed by atoms with Gasteiger partial charge in [-0.2, -0.15) is 0 Å². The summed E-state index contributed by atoms with van der Waals surface area (Å²) in [5, 5.41) is 22.3. The molecule has 1 aliphatic rings. The average Bonchev–Trinajstić information content (AvgIpc) is 2.16. The van der Waals surface area contributed by atoms with E-state index in [1.807, 2.05) is 26.0 Å². The van der Waals surface area contributed by atoms with Gasteiger partial charge in [0.2, 0.25) is 0 Å². The molecule has 3 heteroatoms. The van der Waals surface area contributed by atoms with Crippen LogP contribution >= 0.6 is 0 Å². The highest BCUT2D eigenvalue weighted by Gasteiger charge is 2.18. The van der Waals surface area contributed by atoms with E-state index in [-0.39, 0.29) is 0 Å². The lowest BCUT2D eigenvalue weighted by Crippen LogP contribution is -2.25. The summed E-state index contributed by atoms with van der Waals surface area (Å²) in [4.78, 5) is 0. The zero-order valence-corrected chi connectivity index (χ0v) is 9.83. The van der Waals surface area contributed by atoms with Crippen molar-refractivity contribution in [2.45, 2.75) is 44.9 Å². The zero-order chi connectivity index (χ0) is 11.8. The molecule has 0 bridgehead atoms. The fourth-order valence-electron chi connectivity index (χ4n) is 2.15. The summed E-state index contributed by atoms with van der Waals surface area (Å²) in [5.41, 5.74) is 2.71. The Labute approximate surface area is 96.1 Å². The van der Waals surface area contributed by atoms with Crippen LogP contribution in [0.1, 0.15) is 31.4 Å². The molecule has 0 radical (unpaired) electrons. The molecule has 0 saturated carbocycles. The lowest BCUT2D eigenvalue weighted by atomic mass is 9.94. The highest BCUT2D eigenvalue weighted by atomic mass is 16.3. The number of aliphatic hydroxyl groups is 2. The first-order valence-corrected chi connectivity index (χ1v) is 5.73. The van der Waals surface area contributed by atoms with Crippen molar-refractivity contribution >= 4 is 5.69 Å². The van der Waals surface area contributed by atoms with Crippen LogP contribution in [0.25, 0.3) is 0 Å². The number of hydrogen-bond acceptors (Lipinski definition) is 3. The third-order valence-corrected chi connectivity index (χ3v) is 2.82. The van der Waals surface area contributed by atoms with Gasteiger partial charge in [0.25, 0.3) is 0 Å². The molecule has 0 aromatic heterocycles. The standard InChI is InChI=1S/C13H19NO2/c1-13(2,16)8-9-3-5-11-10(7-9)4-6-12(15)14-11/h3,5,7,12,14-16H,4,6,8H2,1-2H3. The summed E-state index contributed by atoms with van der Waals surface area (Å²) < 4.78 is 0. The van der Waals surface area contributed by atoms with Crippen LogP contribution in [-0.2, 0) is 12.8 Å². The number of hydrogen-bond donors (Lipinski definition) is 3. The molecule has 1 aromatic carbocycles. The van der Waals surface area contributed by atoms with Gasteiger partial charge >= 0.3 is 0 Å². The third kappa shape index (κ3) is 2.74. The van der Waals surface area contributed by atoms with Gasteiger partial charge < -0.3 is 15.5 Å². The van der Waals surface area contributed by atoms with Gasteiger partial charge in [-0.05, 0) is 43.9 Å². The largest absolute Gasteiger partial charge is 0.390 e. The summed E-state index contributed by atoms with van der Waals surface area (Å²) in [6.07, 6.45) is 1.87. The Morgan fingerprint density at radius 2 is 2.19 bits per heavy atom. The molecule has 16 heavy (non-hydrogen) atoms. The SMILES string of the molecule is CC(C)(O)Cc1ccc2c(c1)CCC(O)N2. The molecule has 1 atom stereocenters. The number of aryl methyl sites for hydroxylation is 1. The highest BCUT2D eigenvalue weighted by Crippen LogP contribution is 2.26. The van der Waals surface area contributed by atoms with E-state index < -0.39 is 11.8 Å². The molecule has 0 spiro atoms. The van der Waals surface area contributed by atoms with E-state index in [4.69, 9.17) is 0 Å². The minimum atomic E-state index is -0.671. The molecular formula is C13H19NO2. The van der Waals surface area contributed by atoms with Crippen molar-refractivity contribution in [2.24, 2.45) is 0 Å². The summed E-state index contributed by atoms with van der Waals surface area (Å²) in [7, 11) is 0. The van der Waals surface area contributed by atoms with Gasteiger partial charge in [0.15, 0.2) is 0 Å². The molecule has 0 saturated heterocycles. The van der Waals surface area contributed by atoms with E-state index in [2.05, 4.69) is 11.4 Å². The Morgan fingerprint density at radius 1 is 1.44 bits per heavy atom. The van der Waals surface area contributed by atoms with Crippen LogP contribution in [0.5, 0.6) is 0 Å². The monoisotopic (exact) mass is 221 g/mol. The first-order chi connectivity index (χ1) is 7.44. The Kier molecular flexibility index (Phi) is 2.91. The molecular weight excluding hydrogens is 202 g/mol. The quantitative estimate of drug-likeness (QED) is 0.712. The van der Waals surface area contributed by atoms with Gasteiger partial charge in [-0.15, -0.1) is 0 Å². The molecule has 1 aliphatic heterocycles. The second-order valence-electron chi connectivity index (χ2n) is 5.18. The maximum Gasteiger partial charge on any atom is 0.124 e. The topological polar surface area (TPSA) is 52.5 Å². The third-order valence-electron chi connectivity index (χ3n) is 2.82. The lowest BCUT2D eigenvalue weighted by Gasteiger charge is -2.24. The summed E-state index contributed by atoms with van der Waals surface area (Å²) >= 11 is 0. The number of aliphatic hydroxyl groups excluding tert-OH is 1. The normalized spacial score (nSPS) is 20.1. The Hall–Kier alpha value is -1.06. The number of anilines is 1. The van der Waals surface area contributed by atoms with E-state index in [0.717, 1.165) is 24.1 Å². The minimum Gasteiger partial charge on any atom is -0.390 e. The van der Waals surface area contributed by atoms with E-state index >= 15 is 0 Å². The van der Waals surface area contributed by atoms with E-state index in [0.29, 0.717) is 6.42 Å². The highest BCUT2D eigenvalue weighted by molar-refractivity contribution is 5.54. The van der Waals surface area contributed by atoms with Crippen molar-refractivity contribution in [3.63, 3.8) is 0 Å². The molecule has 0 fully saturated rings. The molecule has 88 valence electrons. The molecule has 1 heterocycles. The fraction of sp³-hybridized carbons (Fsp3) is 0.538. The zero-order valence-electron chi connectivity index (χ0n) is 9.83. The van der Waals surface area contributed by atoms with Gasteiger partial charge in [-0.3, -0.25) is 0 Å². The maximum atomic E-state index is 9.76. The number of rotatable bonds is 2. The van der Waals surface area contributed by atoms with E-state index in [9.17, 15) is 10.2 Å².